The van der Waals surface area contributed by atoms with Crippen LogP contribution in [0.5, 0.6) is 0 Å². The van der Waals surface area contributed by atoms with Crippen LogP contribution in [0.4, 0.5) is 0 Å². The molecule has 2 aromatic rings. The average Bonchev–Trinajstić information content (AvgIpc) is 2.75. The fourth-order valence-electron chi connectivity index (χ4n) is 1.88. The number of carbonyl (C=O) groups excluding carboxylic acids is 1. The molecule has 1 heterocycles. The van der Waals surface area contributed by atoms with Crippen LogP contribution in [0.15, 0.2) is 18.2 Å². The smallest absolute Gasteiger partial charge is 0.358 e. The first-order chi connectivity index (χ1) is 9.02. The van der Waals surface area contributed by atoms with Gasteiger partial charge in [0.05, 0.1) is 6.61 Å². The number of ether oxygens (including phenoxy) is 1. The number of aromatic amines is 1. The van der Waals surface area contributed by atoms with Crippen molar-refractivity contribution in [2.45, 2.75) is 27.7 Å². The zero-order valence-corrected chi connectivity index (χ0v) is 11.7. The number of nitrogens with zero attached hydrogens (tertiary/aromatic N) is 1. The normalized spacial score (nSPS) is 10.5. The van der Waals surface area contributed by atoms with Gasteiger partial charge >= 0.3 is 5.97 Å². The van der Waals surface area contributed by atoms with E-state index in [-0.39, 0.29) is 5.97 Å². The molecule has 100 valence electrons. The highest BCUT2D eigenvalue weighted by atomic mass is 16.5. The molecule has 4 heteroatoms. The maximum atomic E-state index is 11.7. The van der Waals surface area contributed by atoms with Crippen molar-refractivity contribution in [2.75, 3.05) is 6.61 Å². The Bertz CT molecular complexity index is 615. The van der Waals surface area contributed by atoms with Gasteiger partial charge in [-0.25, -0.2) is 9.78 Å². The zero-order valence-electron chi connectivity index (χ0n) is 11.7. The Hall–Kier alpha value is -2.10. The molecule has 1 aromatic heterocycles. The first kappa shape index (κ1) is 13.3. The molecule has 0 spiro atoms. The van der Waals surface area contributed by atoms with Gasteiger partial charge in [-0.2, -0.15) is 0 Å². The molecule has 0 fully saturated rings. The maximum absolute atomic E-state index is 11.7. The molecule has 0 saturated heterocycles. The third kappa shape index (κ3) is 2.67. The van der Waals surface area contributed by atoms with E-state index in [0.717, 1.165) is 11.3 Å². The Balaban J connectivity index is 2.38. The molecule has 19 heavy (non-hydrogen) atoms. The van der Waals surface area contributed by atoms with Crippen molar-refractivity contribution >= 4 is 5.97 Å². The van der Waals surface area contributed by atoms with Gasteiger partial charge in [0.25, 0.3) is 0 Å². The van der Waals surface area contributed by atoms with Crippen molar-refractivity contribution in [3.63, 3.8) is 0 Å². The van der Waals surface area contributed by atoms with Crippen LogP contribution < -0.4 is 0 Å². The molecule has 0 saturated carbocycles. The molecule has 0 aliphatic rings. The number of esters is 1. The zero-order chi connectivity index (χ0) is 14.0. The number of imidazole rings is 1. The molecule has 0 aliphatic carbocycles. The number of rotatable bonds is 3. The number of nitrogens with one attached hydrogen (secondary N) is 1. The van der Waals surface area contributed by atoms with Gasteiger partial charge in [-0.05, 0) is 44.9 Å². The first-order valence-corrected chi connectivity index (χ1v) is 6.34. The fraction of sp³-hybridized carbons (Fsp3) is 0.333. The Morgan fingerprint density at radius 1 is 1.26 bits per heavy atom. The molecule has 0 radical (unpaired) electrons. The fourth-order valence-corrected chi connectivity index (χ4v) is 1.88. The molecule has 4 nitrogen and oxygen atoms in total. The van der Waals surface area contributed by atoms with E-state index in [1.165, 1.54) is 11.1 Å². The van der Waals surface area contributed by atoms with Gasteiger partial charge in [-0.15, -0.1) is 0 Å². The first-order valence-electron chi connectivity index (χ1n) is 6.34. The summed E-state index contributed by atoms with van der Waals surface area (Å²) in [6.45, 7) is 8.08. The second-order valence-electron chi connectivity index (χ2n) is 4.58. The summed E-state index contributed by atoms with van der Waals surface area (Å²) in [7, 11) is 0. The van der Waals surface area contributed by atoms with Gasteiger partial charge < -0.3 is 9.72 Å². The molecule has 1 N–H and O–H groups in total. The average molecular weight is 258 g/mol. The largest absolute Gasteiger partial charge is 0.461 e. The topological polar surface area (TPSA) is 55.0 Å². The minimum absolute atomic E-state index is 0.351. The molecule has 0 atom stereocenters. The predicted molar refractivity (Wildman–Crippen MR) is 74.2 cm³/mol. The summed E-state index contributed by atoms with van der Waals surface area (Å²) in [5, 5.41) is 0. The van der Waals surface area contributed by atoms with E-state index in [1.807, 2.05) is 19.1 Å². The summed E-state index contributed by atoms with van der Waals surface area (Å²) in [4.78, 5) is 19.2. The molecule has 1 aromatic carbocycles. The highest BCUT2D eigenvalue weighted by Gasteiger charge is 2.16. The van der Waals surface area contributed by atoms with Crippen molar-refractivity contribution in [1.29, 1.82) is 0 Å². The van der Waals surface area contributed by atoms with Crippen LogP contribution in [-0.4, -0.2) is 22.5 Å². The van der Waals surface area contributed by atoms with Crippen molar-refractivity contribution < 1.29 is 9.53 Å². The Morgan fingerprint density at radius 2 is 2.00 bits per heavy atom. The number of hydrogen-bond acceptors (Lipinski definition) is 3. The van der Waals surface area contributed by atoms with Gasteiger partial charge in [0.15, 0.2) is 5.69 Å². The summed E-state index contributed by atoms with van der Waals surface area (Å²) in [5.74, 6) is 0.315. The van der Waals surface area contributed by atoms with Crippen LogP contribution in [0.1, 0.15) is 34.2 Å². The Morgan fingerprint density at radius 3 is 2.63 bits per heavy atom. The van der Waals surface area contributed by atoms with Crippen molar-refractivity contribution in [1.82, 2.24) is 9.97 Å². The van der Waals surface area contributed by atoms with Crippen LogP contribution in [0, 0.1) is 20.8 Å². The van der Waals surface area contributed by atoms with Gasteiger partial charge in [0, 0.05) is 11.3 Å². The number of aromatic nitrogens is 2. The lowest BCUT2D eigenvalue weighted by Gasteiger charge is -2.02. The molecule has 0 unspecified atom stereocenters. The second kappa shape index (κ2) is 5.26. The van der Waals surface area contributed by atoms with Crippen molar-refractivity contribution in [3.8, 4) is 11.4 Å². The number of H-pyrrole nitrogens is 1. The van der Waals surface area contributed by atoms with Crippen molar-refractivity contribution in [2.24, 2.45) is 0 Å². The van der Waals surface area contributed by atoms with Gasteiger partial charge in [-0.3, -0.25) is 0 Å². The van der Waals surface area contributed by atoms with Crippen LogP contribution in [-0.2, 0) is 4.74 Å². The van der Waals surface area contributed by atoms with Crippen LogP contribution in [0.25, 0.3) is 11.4 Å². The molecule has 0 aliphatic heterocycles. The van der Waals surface area contributed by atoms with E-state index in [1.54, 1.807) is 6.92 Å². The summed E-state index contributed by atoms with van der Waals surface area (Å²) in [6.07, 6.45) is 0. The summed E-state index contributed by atoms with van der Waals surface area (Å²) < 4.78 is 4.98. The van der Waals surface area contributed by atoms with Crippen LogP contribution >= 0.6 is 0 Å². The predicted octanol–water partition coefficient (Wildman–Crippen LogP) is 3.18. The van der Waals surface area contributed by atoms with E-state index >= 15 is 0 Å². The Labute approximate surface area is 112 Å². The van der Waals surface area contributed by atoms with Gasteiger partial charge in [0.2, 0.25) is 0 Å². The number of benzene rings is 1. The lowest BCUT2D eigenvalue weighted by molar-refractivity contribution is 0.0519. The molecule has 0 bridgehead atoms. The van der Waals surface area contributed by atoms with E-state index in [0.29, 0.717) is 18.1 Å². The molecule has 0 amide bonds. The third-order valence-electron chi connectivity index (χ3n) is 3.13. The van der Waals surface area contributed by atoms with Gasteiger partial charge in [0.1, 0.15) is 5.82 Å². The van der Waals surface area contributed by atoms with Crippen molar-refractivity contribution in [3.05, 3.63) is 40.7 Å². The number of hydrogen-bond donors (Lipinski definition) is 1. The van der Waals surface area contributed by atoms with Gasteiger partial charge in [-0.1, -0.05) is 12.1 Å². The molecular formula is C15H18N2O2. The van der Waals surface area contributed by atoms with E-state index in [2.05, 4.69) is 29.9 Å². The van der Waals surface area contributed by atoms with E-state index < -0.39 is 0 Å². The van der Waals surface area contributed by atoms with E-state index in [9.17, 15) is 4.79 Å². The molecular weight excluding hydrogens is 240 g/mol. The quantitative estimate of drug-likeness (QED) is 0.860. The Kier molecular flexibility index (Phi) is 3.69. The summed E-state index contributed by atoms with van der Waals surface area (Å²) in [5.41, 5.74) is 4.49. The van der Waals surface area contributed by atoms with Crippen LogP contribution in [0.3, 0.4) is 0 Å². The minimum atomic E-state index is -0.383. The summed E-state index contributed by atoms with van der Waals surface area (Å²) >= 11 is 0. The standard InChI is InChI=1S/C15H18N2O2/c1-5-19-15(18)13-11(4)16-14(17-13)12-7-6-9(2)10(3)8-12/h6-8H,5H2,1-4H3,(H,16,17). The van der Waals surface area contributed by atoms with Crippen LogP contribution in [0.2, 0.25) is 0 Å². The number of aryl methyl sites for hydroxylation is 3. The SMILES string of the molecule is CCOC(=O)c1nc(-c2ccc(C)c(C)c2)[nH]c1C. The maximum Gasteiger partial charge on any atom is 0.358 e. The third-order valence-corrected chi connectivity index (χ3v) is 3.13. The molecule has 2 rings (SSSR count). The second-order valence-corrected chi connectivity index (χ2v) is 4.58. The lowest BCUT2D eigenvalue weighted by Crippen LogP contribution is -2.06. The summed E-state index contributed by atoms with van der Waals surface area (Å²) in [6, 6.07) is 6.10. The minimum Gasteiger partial charge on any atom is -0.461 e. The van der Waals surface area contributed by atoms with E-state index in [4.69, 9.17) is 4.74 Å². The highest BCUT2D eigenvalue weighted by Crippen LogP contribution is 2.21. The monoisotopic (exact) mass is 258 g/mol. The number of carbonyl (C=O) groups is 1. The highest BCUT2D eigenvalue weighted by molar-refractivity contribution is 5.89. The lowest BCUT2D eigenvalue weighted by atomic mass is 10.1.